The molecule has 31 heavy (non-hydrogen) atoms. The summed E-state index contributed by atoms with van der Waals surface area (Å²) in [6.45, 7) is 4.29. The van der Waals surface area contributed by atoms with Gasteiger partial charge in [0.05, 0.1) is 16.5 Å². The van der Waals surface area contributed by atoms with E-state index in [9.17, 15) is 18.5 Å². The highest BCUT2D eigenvalue weighted by Gasteiger charge is 2.36. The van der Waals surface area contributed by atoms with Crippen molar-refractivity contribution in [2.24, 2.45) is 5.41 Å². The van der Waals surface area contributed by atoms with Gasteiger partial charge in [0.15, 0.2) is 0 Å². The molecule has 0 fully saturated rings. The van der Waals surface area contributed by atoms with Gasteiger partial charge in [-0.2, -0.15) is 0 Å². The Morgan fingerprint density at radius 1 is 1.13 bits per heavy atom. The molecule has 0 aromatic heterocycles. The number of nitrogens with one attached hydrogen (secondary N) is 2. The van der Waals surface area contributed by atoms with E-state index >= 15 is 0 Å². The van der Waals surface area contributed by atoms with Gasteiger partial charge in [0, 0.05) is 11.4 Å². The molecule has 1 aliphatic rings. The third kappa shape index (κ3) is 4.46. The minimum absolute atomic E-state index is 0.0263. The van der Waals surface area contributed by atoms with Gasteiger partial charge in [0.25, 0.3) is 0 Å². The standard InChI is InChI=1S/C24H23FN2O3S/c1-24(2)14-17-12-16(23(28)29)8-11-21(17)26-22(24)15-6-9-19(10-7-15)27-31(30)20-5-3-4-18(25)13-20/h3-13,22,26-27H,14H2,1-2H3,(H,28,29). The van der Waals surface area contributed by atoms with Crippen LogP contribution in [0.15, 0.2) is 71.6 Å². The van der Waals surface area contributed by atoms with Crippen LogP contribution in [0.5, 0.6) is 0 Å². The lowest BCUT2D eigenvalue weighted by molar-refractivity contribution is 0.0696. The molecule has 2 unspecified atom stereocenters. The third-order valence-corrected chi connectivity index (χ3v) is 6.65. The predicted molar refractivity (Wildman–Crippen MR) is 120 cm³/mol. The average molecular weight is 439 g/mol. The highest BCUT2D eigenvalue weighted by atomic mass is 32.2. The molecule has 1 heterocycles. The zero-order valence-corrected chi connectivity index (χ0v) is 18.0. The first kappa shape index (κ1) is 21.1. The molecule has 1 aliphatic heterocycles. The van der Waals surface area contributed by atoms with Crippen molar-refractivity contribution >= 4 is 28.3 Å². The Morgan fingerprint density at radius 3 is 2.55 bits per heavy atom. The van der Waals surface area contributed by atoms with Crippen molar-refractivity contribution in [3.8, 4) is 0 Å². The molecule has 0 radical (unpaired) electrons. The second kappa shape index (κ2) is 8.15. The first-order valence-corrected chi connectivity index (χ1v) is 11.0. The van der Waals surface area contributed by atoms with Crippen LogP contribution < -0.4 is 10.0 Å². The zero-order valence-electron chi connectivity index (χ0n) is 17.2. The lowest BCUT2D eigenvalue weighted by atomic mass is 9.73. The fraction of sp³-hybridized carbons (Fsp3) is 0.208. The number of halogens is 1. The average Bonchev–Trinajstić information content (AvgIpc) is 2.73. The van der Waals surface area contributed by atoms with Crippen molar-refractivity contribution in [3.63, 3.8) is 0 Å². The molecule has 4 rings (SSSR count). The van der Waals surface area contributed by atoms with Crippen LogP contribution in [-0.4, -0.2) is 15.3 Å². The van der Waals surface area contributed by atoms with Crippen molar-refractivity contribution in [3.05, 3.63) is 89.2 Å². The lowest BCUT2D eigenvalue weighted by Gasteiger charge is -2.41. The van der Waals surface area contributed by atoms with Gasteiger partial charge in [-0.15, -0.1) is 0 Å². The van der Waals surface area contributed by atoms with Crippen LogP contribution in [0.1, 0.15) is 41.4 Å². The largest absolute Gasteiger partial charge is 0.478 e. The van der Waals surface area contributed by atoms with Crippen LogP contribution in [0.4, 0.5) is 15.8 Å². The van der Waals surface area contributed by atoms with Gasteiger partial charge in [-0.05, 0) is 71.5 Å². The molecular formula is C24H23FN2O3S. The molecule has 3 aromatic rings. The number of benzene rings is 3. The summed E-state index contributed by atoms with van der Waals surface area (Å²) in [5.41, 5.74) is 3.81. The molecule has 5 nitrogen and oxygen atoms in total. The van der Waals surface area contributed by atoms with E-state index in [0.717, 1.165) is 23.2 Å². The summed E-state index contributed by atoms with van der Waals surface area (Å²) in [7, 11) is -1.56. The summed E-state index contributed by atoms with van der Waals surface area (Å²) in [6.07, 6.45) is 0.741. The van der Waals surface area contributed by atoms with E-state index in [1.54, 1.807) is 18.2 Å². The van der Waals surface area contributed by atoms with Crippen LogP contribution in [-0.2, 0) is 17.4 Å². The first-order valence-electron chi connectivity index (χ1n) is 9.90. The molecule has 0 aliphatic carbocycles. The number of rotatable bonds is 5. The maximum absolute atomic E-state index is 13.4. The molecule has 7 heteroatoms. The SMILES string of the molecule is CC1(C)Cc2cc(C(=O)O)ccc2NC1c1ccc(NS(=O)c2cccc(F)c2)cc1. The highest BCUT2D eigenvalue weighted by Crippen LogP contribution is 2.45. The van der Waals surface area contributed by atoms with Crippen molar-refractivity contribution in [2.45, 2.75) is 31.2 Å². The van der Waals surface area contributed by atoms with Gasteiger partial charge in [-0.3, -0.25) is 0 Å². The van der Waals surface area contributed by atoms with E-state index in [4.69, 9.17) is 0 Å². The smallest absolute Gasteiger partial charge is 0.335 e. The summed E-state index contributed by atoms with van der Waals surface area (Å²) in [5, 5.41) is 12.8. The maximum atomic E-state index is 13.4. The summed E-state index contributed by atoms with van der Waals surface area (Å²) in [4.78, 5) is 11.7. The maximum Gasteiger partial charge on any atom is 0.335 e. The minimum Gasteiger partial charge on any atom is -0.478 e. The molecule has 0 amide bonds. The van der Waals surface area contributed by atoms with Gasteiger partial charge in [0.1, 0.15) is 16.8 Å². The van der Waals surface area contributed by atoms with Crippen molar-refractivity contribution in [1.82, 2.24) is 0 Å². The van der Waals surface area contributed by atoms with Gasteiger partial charge in [-0.1, -0.05) is 32.0 Å². The highest BCUT2D eigenvalue weighted by molar-refractivity contribution is 7.86. The Kier molecular flexibility index (Phi) is 5.54. The van der Waals surface area contributed by atoms with Crippen LogP contribution in [0.3, 0.4) is 0 Å². The normalized spacial score (nSPS) is 17.8. The number of carbonyl (C=O) groups is 1. The Balaban J connectivity index is 1.53. The summed E-state index contributed by atoms with van der Waals surface area (Å²) in [5.74, 6) is -1.36. The topological polar surface area (TPSA) is 78.4 Å². The van der Waals surface area contributed by atoms with E-state index in [1.807, 2.05) is 30.3 Å². The monoisotopic (exact) mass is 438 g/mol. The van der Waals surface area contributed by atoms with Crippen molar-refractivity contribution in [1.29, 1.82) is 0 Å². The molecule has 3 aromatic carbocycles. The van der Waals surface area contributed by atoms with E-state index in [2.05, 4.69) is 23.9 Å². The molecule has 0 spiro atoms. The van der Waals surface area contributed by atoms with Gasteiger partial charge >= 0.3 is 5.97 Å². The lowest BCUT2D eigenvalue weighted by Crippen LogP contribution is -2.35. The van der Waals surface area contributed by atoms with Crippen LogP contribution in [0, 0.1) is 11.2 Å². The zero-order chi connectivity index (χ0) is 22.2. The molecule has 2 atom stereocenters. The second-order valence-electron chi connectivity index (χ2n) is 8.37. The quantitative estimate of drug-likeness (QED) is 0.499. The molecule has 160 valence electrons. The number of hydrogen-bond acceptors (Lipinski definition) is 3. The Bertz CT molecular complexity index is 1160. The van der Waals surface area contributed by atoms with E-state index in [-0.39, 0.29) is 17.0 Å². The van der Waals surface area contributed by atoms with E-state index < -0.39 is 22.8 Å². The van der Waals surface area contributed by atoms with Crippen molar-refractivity contribution in [2.75, 3.05) is 10.0 Å². The second-order valence-corrected chi connectivity index (χ2v) is 9.58. The summed E-state index contributed by atoms with van der Waals surface area (Å²) < 4.78 is 28.7. The number of carboxylic acids is 1. The van der Waals surface area contributed by atoms with E-state index in [0.29, 0.717) is 10.6 Å². The van der Waals surface area contributed by atoms with Gasteiger partial charge < -0.3 is 15.1 Å². The number of carboxylic acid groups (broad SMARTS) is 1. The predicted octanol–water partition coefficient (Wildman–Crippen LogP) is 5.39. The number of anilines is 2. The Hall–Kier alpha value is -3.19. The molecule has 3 N–H and O–H groups in total. The fourth-order valence-electron chi connectivity index (χ4n) is 3.98. The minimum atomic E-state index is -1.56. The number of fused-ring (bicyclic) bond motifs is 1. The van der Waals surface area contributed by atoms with Crippen LogP contribution in [0.25, 0.3) is 0 Å². The molecular weight excluding hydrogens is 415 g/mol. The Labute approximate surface area is 182 Å². The van der Waals surface area contributed by atoms with E-state index in [1.165, 1.54) is 18.2 Å². The number of hydrogen-bond donors (Lipinski definition) is 3. The summed E-state index contributed by atoms with van der Waals surface area (Å²) in [6, 6.07) is 18.5. The Morgan fingerprint density at radius 2 is 1.87 bits per heavy atom. The fourth-order valence-corrected chi connectivity index (χ4v) is 4.87. The number of aromatic carboxylic acids is 1. The molecule has 0 bridgehead atoms. The first-order chi connectivity index (χ1) is 14.7. The molecule has 0 saturated heterocycles. The van der Waals surface area contributed by atoms with Crippen LogP contribution >= 0.6 is 0 Å². The van der Waals surface area contributed by atoms with Gasteiger partial charge in [0.2, 0.25) is 0 Å². The summed E-state index contributed by atoms with van der Waals surface area (Å²) >= 11 is 0. The van der Waals surface area contributed by atoms with Crippen molar-refractivity contribution < 1.29 is 18.5 Å². The van der Waals surface area contributed by atoms with Crippen LogP contribution in [0.2, 0.25) is 0 Å². The third-order valence-electron chi connectivity index (χ3n) is 5.54. The van der Waals surface area contributed by atoms with Gasteiger partial charge in [-0.25, -0.2) is 13.4 Å². The molecule has 0 saturated carbocycles.